The van der Waals surface area contributed by atoms with E-state index < -0.39 is 0 Å². The maximum absolute atomic E-state index is 5.87. The lowest BCUT2D eigenvalue weighted by Gasteiger charge is -2.24. The van der Waals surface area contributed by atoms with Gasteiger partial charge < -0.3 is 11.1 Å². The first kappa shape index (κ1) is 13.4. The highest BCUT2D eigenvalue weighted by atomic mass is 32.1. The summed E-state index contributed by atoms with van der Waals surface area (Å²) < 4.78 is 0. The van der Waals surface area contributed by atoms with E-state index in [1.54, 1.807) is 11.3 Å². The third-order valence-electron chi connectivity index (χ3n) is 3.61. The molecular weight excluding hydrogens is 268 g/mol. The fourth-order valence-corrected chi connectivity index (χ4v) is 3.01. The minimum atomic E-state index is 0.0770. The molecule has 0 atom stereocenters. The number of hydrogen-bond acceptors (Lipinski definition) is 5. The Morgan fingerprint density at radius 2 is 2.20 bits per heavy atom. The molecule has 0 saturated heterocycles. The molecular formula is C15H20N4S. The largest absolute Gasteiger partial charge is 0.384 e. The van der Waals surface area contributed by atoms with Crippen LogP contribution in [0.3, 0.4) is 0 Å². The van der Waals surface area contributed by atoms with Crippen LogP contribution in [0.25, 0.3) is 0 Å². The lowest BCUT2D eigenvalue weighted by atomic mass is 9.91. The van der Waals surface area contributed by atoms with Crippen LogP contribution in [0, 0.1) is 0 Å². The highest BCUT2D eigenvalue weighted by Crippen LogP contribution is 2.38. The van der Waals surface area contributed by atoms with Gasteiger partial charge in [-0.3, -0.25) is 0 Å². The summed E-state index contributed by atoms with van der Waals surface area (Å²) in [6.45, 7) is 5.30. The Labute approximate surface area is 123 Å². The summed E-state index contributed by atoms with van der Waals surface area (Å²) in [7, 11) is 0. The first-order valence-electron chi connectivity index (χ1n) is 6.97. The molecule has 106 valence electrons. The average molecular weight is 288 g/mol. The zero-order chi connectivity index (χ0) is 14.2. The Bertz CT molecular complexity index is 588. The summed E-state index contributed by atoms with van der Waals surface area (Å²) in [5, 5.41) is 5.53. The molecule has 2 heterocycles. The average Bonchev–Trinajstić information content (AvgIpc) is 3.10. The molecule has 20 heavy (non-hydrogen) atoms. The van der Waals surface area contributed by atoms with E-state index in [1.807, 2.05) is 6.07 Å². The van der Waals surface area contributed by atoms with Gasteiger partial charge >= 0.3 is 0 Å². The van der Waals surface area contributed by atoms with Crippen molar-refractivity contribution in [2.24, 2.45) is 0 Å². The molecule has 3 N–H and O–H groups in total. The molecule has 5 heteroatoms. The molecule has 1 fully saturated rings. The molecule has 1 saturated carbocycles. The number of nitrogens with zero attached hydrogens (tertiary/aromatic N) is 2. The molecule has 3 rings (SSSR count). The van der Waals surface area contributed by atoms with Crippen LogP contribution >= 0.6 is 11.3 Å². The normalized spacial score (nSPS) is 15.3. The molecule has 0 bridgehead atoms. The molecule has 2 aromatic heterocycles. The monoisotopic (exact) mass is 288 g/mol. The molecule has 0 spiro atoms. The Hall–Kier alpha value is -1.62. The molecule has 0 aromatic carbocycles. The van der Waals surface area contributed by atoms with Crippen LogP contribution < -0.4 is 11.1 Å². The molecule has 1 aliphatic rings. The second-order valence-corrected chi connectivity index (χ2v) is 6.97. The Morgan fingerprint density at radius 1 is 1.40 bits per heavy atom. The topological polar surface area (TPSA) is 63.8 Å². The van der Waals surface area contributed by atoms with E-state index in [9.17, 15) is 0 Å². The van der Waals surface area contributed by atoms with Crippen molar-refractivity contribution in [2.75, 3.05) is 17.6 Å². The molecule has 0 aliphatic heterocycles. The quantitative estimate of drug-likeness (QED) is 0.885. The maximum Gasteiger partial charge on any atom is 0.136 e. The van der Waals surface area contributed by atoms with Crippen molar-refractivity contribution in [2.45, 2.75) is 38.0 Å². The van der Waals surface area contributed by atoms with Crippen LogP contribution in [0.5, 0.6) is 0 Å². The van der Waals surface area contributed by atoms with E-state index in [0.717, 1.165) is 18.2 Å². The highest BCUT2D eigenvalue weighted by molar-refractivity contribution is 7.10. The number of rotatable bonds is 5. The van der Waals surface area contributed by atoms with Gasteiger partial charge in [-0.2, -0.15) is 0 Å². The minimum absolute atomic E-state index is 0.0770. The fourth-order valence-electron chi connectivity index (χ4n) is 2.16. The van der Waals surface area contributed by atoms with Gasteiger partial charge in [0.1, 0.15) is 17.5 Å². The zero-order valence-corrected chi connectivity index (χ0v) is 12.7. The van der Waals surface area contributed by atoms with Crippen LogP contribution in [-0.2, 0) is 5.41 Å². The van der Waals surface area contributed by atoms with Crippen molar-refractivity contribution in [1.82, 2.24) is 9.97 Å². The van der Waals surface area contributed by atoms with Gasteiger partial charge in [-0.25, -0.2) is 9.97 Å². The van der Waals surface area contributed by atoms with Crippen LogP contribution in [0.1, 0.15) is 43.3 Å². The van der Waals surface area contributed by atoms with Gasteiger partial charge in [-0.15, -0.1) is 11.3 Å². The molecule has 2 aromatic rings. The smallest absolute Gasteiger partial charge is 0.136 e. The summed E-state index contributed by atoms with van der Waals surface area (Å²) in [6, 6.07) is 6.09. The van der Waals surface area contributed by atoms with Gasteiger partial charge in [-0.05, 0) is 24.3 Å². The van der Waals surface area contributed by atoms with Crippen LogP contribution in [0.2, 0.25) is 0 Å². The number of nitrogen functional groups attached to an aromatic ring is 1. The molecule has 0 unspecified atom stereocenters. The van der Waals surface area contributed by atoms with E-state index in [-0.39, 0.29) is 5.41 Å². The van der Waals surface area contributed by atoms with E-state index >= 15 is 0 Å². The van der Waals surface area contributed by atoms with Gasteiger partial charge in [0.25, 0.3) is 0 Å². The molecule has 4 nitrogen and oxygen atoms in total. The van der Waals surface area contributed by atoms with E-state index in [2.05, 4.69) is 46.6 Å². The van der Waals surface area contributed by atoms with Crippen LogP contribution in [0.15, 0.2) is 23.6 Å². The number of hydrogen-bond donors (Lipinski definition) is 2. The standard InChI is InChI=1S/C15H20N4S/c1-15(2,11-4-3-7-20-11)9-17-13-8-12(16)18-14(19-13)10-5-6-10/h3-4,7-8,10H,5-6,9H2,1-2H3,(H3,16,17,18,19). The lowest BCUT2D eigenvalue weighted by Crippen LogP contribution is -2.27. The second kappa shape index (κ2) is 5.05. The Morgan fingerprint density at radius 3 is 2.85 bits per heavy atom. The van der Waals surface area contributed by atoms with E-state index in [1.165, 1.54) is 17.7 Å². The van der Waals surface area contributed by atoms with Crippen molar-refractivity contribution >= 4 is 23.0 Å². The summed E-state index contributed by atoms with van der Waals surface area (Å²) in [5.74, 6) is 2.80. The third kappa shape index (κ3) is 2.93. The lowest BCUT2D eigenvalue weighted by molar-refractivity contribution is 0.568. The van der Waals surface area contributed by atoms with E-state index in [0.29, 0.717) is 11.7 Å². The predicted octanol–water partition coefficient (Wildman–Crippen LogP) is 3.39. The van der Waals surface area contributed by atoms with Crippen molar-refractivity contribution in [3.63, 3.8) is 0 Å². The Kier molecular flexibility index (Phi) is 3.38. The summed E-state index contributed by atoms with van der Waals surface area (Å²) in [5.41, 5.74) is 5.95. The van der Waals surface area contributed by atoms with Crippen LogP contribution in [0.4, 0.5) is 11.6 Å². The minimum Gasteiger partial charge on any atom is -0.384 e. The van der Waals surface area contributed by atoms with Crippen LogP contribution in [-0.4, -0.2) is 16.5 Å². The molecule has 1 aliphatic carbocycles. The number of thiophene rings is 1. The van der Waals surface area contributed by atoms with E-state index in [4.69, 9.17) is 5.73 Å². The summed E-state index contributed by atoms with van der Waals surface area (Å²) >= 11 is 1.79. The second-order valence-electron chi connectivity index (χ2n) is 6.03. The number of nitrogens with two attached hydrogens (primary N) is 1. The van der Waals surface area contributed by atoms with Crippen molar-refractivity contribution in [3.05, 3.63) is 34.3 Å². The number of anilines is 2. The van der Waals surface area contributed by atoms with Crippen molar-refractivity contribution < 1.29 is 0 Å². The third-order valence-corrected chi connectivity index (χ3v) is 4.84. The number of aromatic nitrogens is 2. The van der Waals surface area contributed by atoms with Crippen molar-refractivity contribution in [3.8, 4) is 0 Å². The maximum atomic E-state index is 5.87. The predicted molar refractivity (Wildman–Crippen MR) is 84.3 cm³/mol. The van der Waals surface area contributed by atoms with Gasteiger partial charge in [0.05, 0.1) is 0 Å². The SMILES string of the molecule is CC(C)(CNc1cc(N)nc(C2CC2)n1)c1cccs1. The number of nitrogens with one attached hydrogen (secondary N) is 1. The summed E-state index contributed by atoms with van der Waals surface area (Å²) in [4.78, 5) is 10.3. The van der Waals surface area contributed by atoms with Crippen molar-refractivity contribution in [1.29, 1.82) is 0 Å². The van der Waals surface area contributed by atoms with Gasteiger partial charge in [0, 0.05) is 28.8 Å². The zero-order valence-electron chi connectivity index (χ0n) is 11.9. The van der Waals surface area contributed by atoms with Gasteiger partial charge in [-0.1, -0.05) is 19.9 Å². The summed E-state index contributed by atoms with van der Waals surface area (Å²) in [6.07, 6.45) is 2.37. The molecule has 0 radical (unpaired) electrons. The Balaban J connectivity index is 1.72. The first-order chi connectivity index (χ1) is 9.54. The van der Waals surface area contributed by atoms with Gasteiger partial charge in [0.15, 0.2) is 0 Å². The highest BCUT2D eigenvalue weighted by Gasteiger charge is 2.27. The molecule has 0 amide bonds. The fraction of sp³-hybridized carbons (Fsp3) is 0.467. The van der Waals surface area contributed by atoms with Gasteiger partial charge in [0.2, 0.25) is 0 Å². The first-order valence-corrected chi connectivity index (χ1v) is 7.85.